The molecule has 1 aliphatic rings. The molecule has 1 fully saturated rings. The number of halogens is 1. The van der Waals surface area contributed by atoms with E-state index in [1.807, 2.05) is 17.0 Å². The summed E-state index contributed by atoms with van der Waals surface area (Å²) in [6, 6.07) is 7.40. The fourth-order valence-corrected chi connectivity index (χ4v) is 5.47. The van der Waals surface area contributed by atoms with Crippen LogP contribution in [0.3, 0.4) is 0 Å². The highest BCUT2D eigenvalue weighted by Gasteiger charge is 2.34. The second kappa shape index (κ2) is 9.90. The van der Waals surface area contributed by atoms with Crippen LogP contribution in [0.25, 0.3) is 11.1 Å². The van der Waals surface area contributed by atoms with E-state index in [0.29, 0.717) is 24.1 Å². The van der Waals surface area contributed by atoms with Gasteiger partial charge in [-0.05, 0) is 23.6 Å². The van der Waals surface area contributed by atoms with Crippen LogP contribution >= 0.6 is 11.6 Å². The van der Waals surface area contributed by atoms with Crippen LogP contribution in [-0.2, 0) is 14.8 Å². The van der Waals surface area contributed by atoms with Crippen molar-refractivity contribution in [3.05, 3.63) is 41.7 Å². The Morgan fingerprint density at radius 2 is 1.68 bits per heavy atom. The number of nitrogens with zero attached hydrogens (tertiary/aromatic N) is 4. The van der Waals surface area contributed by atoms with Gasteiger partial charge in [0.05, 0.1) is 11.7 Å². The average Bonchev–Trinajstić information content (AvgIpc) is 2.77. The zero-order valence-electron chi connectivity index (χ0n) is 17.4. The van der Waals surface area contributed by atoms with Crippen LogP contribution in [0, 0.1) is 11.8 Å². The zero-order valence-corrected chi connectivity index (χ0v) is 19.0. The third kappa shape index (κ3) is 5.70. The lowest BCUT2D eigenvalue weighted by Crippen LogP contribution is -2.51. The molecule has 3 rings (SSSR count). The molecule has 1 unspecified atom stereocenters. The highest BCUT2D eigenvalue weighted by molar-refractivity contribution is 7.89. The maximum absolute atomic E-state index is 12.8. The van der Waals surface area contributed by atoms with E-state index >= 15 is 0 Å². The van der Waals surface area contributed by atoms with Crippen LogP contribution in [0.2, 0.25) is 5.02 Å². The van der Waals surface area contributed by atoms with E-state index in [1.54, 1.807) is 43.9 Å². The van der Waals surface area contributed by atoms with Crippen molar-refractivity contribution in [1.82, 2.24) is 19.8 Å². The van der Waals surface area contributed by atoms with Crippen LogP contribution in [-0.4, -0.2) is 65.7 Å². The van der Waals surface area contributed by atoms with Crippen LogP contribution in [0.15, 0.2) is 36.7 Å². The minimum Gasteiger partial charge on any atom is -0.338 e. The van der Waals surface area contributed by atoms with Crippen molar-refractivity contribution in [3.8, 4) is 11.1 Å². The van der Waals surface area contributed by atoms with Crippen molar-refractivity contribution in [2.75, 3.05) is 36.8 Å². The molecule has 9 nitrogen and oxygen atoms in total. The number of hydroxylamine groups is 1. The number of aromatic nitrogens is 2. The number of carbonyl (C=O) groups excluding carboxylic acids is 1. The van der Waals surface area contributed by atoms with Crippen molar-refractivity contribution in [3.63, 3.8) is 0 Å². The fraction of sp³-hybridized carbons (Fsp3) is 0.450. The SMILES string of the molecule is CC(C)C(CS(=O)(=O)N1CCN(c2ncc(-c3ccc(Cl)cc3)cn2)CC1)C(=O)NO. The molecule has 0 bridgehead atoms. The lowest BCUT2D eigenvalue weighted by atomic mass is 9.97. The lowest BCUT2D eigenvalue weighted by Gasteiger charge is -2.34. The van der Waals surface area contributed by atoms with E-state index in [0.717, 1.165) is 11.1 Å². The van der Waals surface area contributed by atoms with Gasteiger partial charge >= 0.3 is 0 Å². The number of nitrogens with one attached hydrogen (secondary N) is 1. The van der Waals surface area contributed by atoms with Crippen LogP contribution in [0.4, 0.5) is 5.95 Å². The molecule has 0 radical (unpaired) electrons. The summed E-state index contributed by atoms with van der Waals surface area (Å²) in [5.74, 6) is -1.54. The van der Waals surface area contributed by atoms with Crippen molar-refractivity contribution >= 4 is 33.5 Å². The first kappa shape index (κ1) is 23.4. The number of hydrogen-bond acceptors (Lipinski definition) is 7. The highest BCUT2D eigenvalue weighted by atomic mass is 35.5. The Kier molecular flexibility index (Phi) is 7.47. The number of benzene rings is 1. The molecule has 11 heteroatoms. The molecule has 1 atom stereocenters. The van der Waals surface area contributed by atoms with E-state index in [-0.39, 0.29) is 24.8 Å². The van der Waals surface area contributed by atoms with Crippen molar-refractivity contribution in [1.29, 1.82) is 0 Å². The average molecular weight is 468 g/mol. The van der Waals surface area contributed by atoms with Gasteiger partial charge in [0.1, 0.15) is 0 Å². The van der Waals surface area contributed by atoms with Crippen LogP contribution in [0.5, 0.6) is 0 Å². The summed E-state index contributed by atoms with van der Waals surface area (Å²) in [4.78, 5) is 22.6. The van der Waals surface area contributed by atoms with Crippen molar-refractivity contribution < 1.29 is 18.4 Å². The summed E-state index contributed by atoms with van der Waals surface area (Å²) in [5, 5.41) is 9.55. The summed E-state index contributed by atoms with van der Waals surface area (Å²) in [6.45, 7) is 4.93. The Morgan fingerprint density at radius 1 is 1.10 bits per heavy atom. The number of sulfonamides is 1. The van der Waals surface area contributed by atoms with Crippen LogP contribution in [0.1, 0.15) is 13.8 Å². The number of amides is 1. The molecule has 31 heavy (non-hydrogen) atoms. The predicted molar refractivity (Wildman–Crippen MR) is 118 cm³/mol. The number of anilines is 1. The third-order valence-electron chi connectivity index (χ3n) is 5.37. The Labute approximate surface area is 187 Å². The highest BCUT2D eigenvalue weighted by Crippen LogP contribution is 2.22. The maximum atomic E-state index is 12.8. The quantitative estimate of drug-likeness (QED) is 0.472. The van der Waals surface area contributed by atoms with E-state index < -0.39 is 21.8 Å². The van der Waals surface area contributed by atoms with Gasteiger partial charge in [0.25, 0.3) is 0 Å². The van der Waals surface area contributed by atoms with Gasteiger partial charge in [-0.25, -0.2) is 23.9 Å². The number of piperazine rings is 1. The second-order valence-electron chi connectivity index (χ2n) is 7.77. The van der Waals surface area contributed by atoms with Gasteiger partial charge in [-0.15, -0.1) is 0 Å². The Bertz CT molecular complexity index is 991. The molecule has 1 aromatic carbocycles. The number of hydrogen-bond donors (Lipinski definition) is 2. The lowest BCUT2D eigenvalue weighted by molar-refractivity contribution is -0.134. The van der Waals surface area contributed by atoms with E-state index in [2.05, 4.69) is 9.97 Å². The fourth-order valence-electron chi connectivity index (χ4n) is 3.43. The van der Waals surface area contributed by atoms with Gasteiger partial charge in [-0.2, -0.15) is 4.31 Å². The van der Waals surface area contributed by atoms with Gasteiger partial charge in [-0.1, -0.05) is 37.6 Å². The zero-order chi connectivity index (χ0) is 22.6. The van der Waals surface area contributed by atoms with E-state index in [9.17, 15) is 13.2 Å². The Morgan fingerprint density at radius 3 is 2.19 bits per heavy atom. The normalized spacial score (nSPS) is 16.4. The summed E-state index contributed by atoms with van der Waals surface area (Å²) < 4.78 is 27.0. The van der Waals surface area contributed by atoms with E-state index in [1.165, 1.54) is 4.31 Å². The molecular weight excluding hydrogens is 442 g/mol. The summed E-state index contributed by atoms with van der Waals surface area (Å²) >= 11 is 5.92. The first-order chi connectivity index (χ1) is 14.7. The van der Waals surface area contributed by atoms with Crippen molar-refractivity contribution in [2.45, 2.75) is 13.8 Å². The van der Waals surface area contributed by atoms with Gasteiger partial charge in [0, 0.05) is 49.2 Å². The molecular formula is C20H26ClN5O4S. The molecule has 0 spiro atoms. The first-order valence-corrected chi connectivity index (χ1v) is 11.9. The summed E-state index contributed by atoms with van der Waals surface area (Å²) in [5.41, 5.74) is 3.39. The molecule has 1 aromatic heterocycles. The Hall–Kier alpha value is -2.27. The molecule has 2 N–H and O–H groups in total. The molecule has 1 aliphatic heterocycles. The molecule has 2 heterocycles. The monoisotopic (exact) mass is 467 g/mol. The van der Waals surface area contributed by atoms with Gasteiger partial charge in [0.15, 0.2) is 0 Å². The predicted octanol–water partition coefficient (Wildman–Crippen LogP) is 2.03. The number of rotatable bonds is 7. The molecule has 0 saturated carbocycles. The minimum absolute atomic E-state index is 0.226. The smallest absolute Gasteiger partial charge is 0.247 e. The van der Waals surface area contributed by atoms with Gasteiger partial charge in [0.2, 0.25) is 21.9 Å². The Balaban J connectivity index is 1.62. The summed E-state index contributed by atoms with van der Waals surface area (Å²) in [6.07, 6.45) is 3.46. The molecule has 0 aliphatic carbocycles. The molecule has 1 amide bonds. The largest absolute Gasteiger partial charge is 0.338 e. The van der Waals surface area contributed by atoms with Gasteiger partial charge < -0.3 is 4.90 Å². The van der Waals surface area contributed by atoms with E-state index in [4.69, 9.17) is 16.8 Å². The third-order valence-corrected chi connectivity index (χ3v) is 7.56. The topological polar surface area (TPSA) is 116 Å². The second-order valence-corrected chi connectivity index (χ2v) is 10.2. The maximum Gasteiger partial charge on any atom is 0.247 e. The molecule has 1 saturated heterocycles. The van der Waals surface area contributed by atoms with Gasteiger partial charge in [-0.3, -0.25) is 10.0 Å². The molecule has 2 aromatic rings. The first-order valence-electron chi connectivity index (χ1n) is 9.96. The van der Waals surface area contributed by atoms with Crippen LogP contribution < -0.4 is 10.4 Å². The standard InChI is InChI=1S/C20H26ClN5O4S/c1-14(2)18(19(27)24-28)13-31(29,30)26-9-7-25(8-10-26)20-22-11-16(12-23-20)15-3-5-17(21)6-4-15/h3-6,11-12,14,18,28H,7-10,13H2,1-2H3,(H,24,27). The summed E-state index contributed by atoms with van der Waals surface area (Å²) in [7, 11) is -3.65. The number of carbonyl (C=O) groups is 1. The molecule has 168 valence electrons. The van der Waals surface area contributed by atoms with Crippen molar-refractivity contribution in [2.24, 2.45) is 11.8 Å². The minimum atomic E-state index is -3.65.